The van der Waals surface area contributed by atoms with Gasteiger partial charge in [-0.1, -0.05) is 23.2 Å². The van der Waals surface area contributed by atoms with Crippen molar-refractivity contribution < 1.29 is 4.79 Å². The average molecular weight is 366 g/mol. The maximum Gasteiger partial charge on any atom is 0.321 e. The summed E-state index contributed by atoms with van der Waals surface area (Å²) < 4.78 is 0. The van der Waals surface area contributed by atoms with Crippen molar-refractivity contribution in [1.82, 2.24) is 14.9 Å². The Labute approximate surface area is 150 Å². The van der Waals surface area contributed by atoms with Crippen molar-refractivity contribution in [2.75, 3.05) is 24.1 Å². The normalized spacial score (nSPS) is 17.6. The van der Waals surface area contributed by atoms with E-state index in [-0.39, 0.29) is 17.9 Å². The van der Waals surface area contributed by atoms with Gasteiger partial charge in [-0.2, -0.15) is 0 Å². The monoisotopic (exact) mass is 365 g/mol. The molecule has 1 aliphatic heterocycles. The summed E-state index contributed by atoms with van der Waals surface area (Å²) in [7, 11) is 0. The molecule has 0 saturated carbocycles. The fourth-order valence-corrected chi connectivity index (χ4v) is 3.26. The van der Waals surface area contributed by atoms with Gasteiger partial charge in [0, 0.05) is 30.2 Å². The molecule has 2 amide bonds. The number of urea groups is 1. The average Bonchev–Trinajstić information content (AvgIpc) is 2.57. The predicted octanol–water partition coefficient (Wildman–Crippen LogP) is 3.78. The van der Waals surface area contributed by atoms with Gasteiger partial charge in [0.1, 0.15) is 0 Å². The highest BCUT2D eigenvalue weighted by atomic mass is 35.5. The van der Waals surface area contributed by atoms with Crippen LogP contribution in [-0.4, -0.2) is 34.0 Å². The number of hydrogen-bond donors (Lipinski definition) is 2. The molecule has 1 atom stereocenters. The zero-order valence-electron chi connectivity index (χ0n) is 12.9. The Hall–Kier alpha value is -2.05. The molecule has 6 nitrogen and oxygen atoms in total. The quantitative estimate of drug-likeness (QED) is 0.847. The van der Waals surface area contributed by atoms with E-state index in [9.17, 15) is 4.79 Å². The molecule has 8 heteroatoms. The third kappa shape index (κ3) is 3.88. The number of nitrogen functional groups attached to an aromatic ring is 1. The molecule has 0 radical (unpaired) electrons. The van der Waals surface area contributed by atoms with Crippen molar-refractivity contribution in [3.8, 4) is 0 Å². The molecule has 3 rings (SSSR count). The van der Waals surface area contributed by atoms with Crippen molar-refractivity contribution in [3.05, 3.63) is 46.2 Å². The van der Waals surface area contributed by atoms with Crippen LogP contribution in [0.1, 0.15) is 24.5 Å². The number of benzene rings is 1. The predicted molar refractivity (Wildman–Crippen MR) is 95.5 cm³/mol. The molecule has 1 fully saturated rings. The van der Waals surface area contributed by atoms with E-state index in [1.165, 1.54) is 0 Å². The summed E-state index contributed by atoms with van der Waals surface area (Å²) in [4.78, 5) is 22.5. The van der Waals surface area contributed by atoms with Crippen molar-refractivity contribution in [3.63, 3.8) is 0 Å². The lowest BCUT2D eigenvalue weighted by molar-refractivity contribution is 0.192. The first-order chi connectivity index (χ1) is 11.5. The van der Waals surface area contributed by atoms with Crippen LogP contribution in [0.2, 0.25) is 10.0 Å². The molecule has 24 heavy (non-hydrogen) atoms. The molecule has 126 valence electrons. The molecule has 1 saturated heterocycles. The highest BCUT2D eigenvalue weighted by Gasteiger charge is 2.26. The first kappa shape index (κ1) is 16.8. The number of piperidine rings is 1. The molecule has 0 aliphatic carbocycles. The molecule has 3 N–H and O–H groups in total. The minimum absolute atomic E-state index is 0.149. The van der Waals surface area contributed by atoms with Crippen LogP contribution in [0.25, 0.3) is 0 Å². The van der Waals surface area contributed by atoms with Gasteiger partial charge < -0.3 is 16.0 Å². The molecule has 1 aromatic carbocycles. The van der Waals surface area contributed by atoms with Gasteiger partial charge in [0.25, 0.3) is 0 Å². The number of hydrogen-bond acceptors (Lipinski definition) is 4. The van der Waals surface area contributed by atoms with Gasteiger partial charge in [-0.05, 0) is 37.1 Å². The van der Waals surface area contributed by atoms with Gasteiger partial charge in [-0.15, -0.1) is 0 Å². The lowest BCUT2D eigenvalue weighted by Crippen LogP contribution is -2.41. The molecule has 1 aliphatic rings. The lowest BCUT2D eigenvalue weighted by Gasteiger charge is -2.32. The van der Waals surface area contributed by atoms with E-state index >= 15 is 0 Å². The van der Waals surface area contributed by atoms with E-state index < -0.39 is 0 Å². The van der Waals surface area contributed by atoms with Gasteiger partial charge in [-0.3, -0.25) is 0 Å². The number of halogens is 2. The molecule has 0 spiro atoms. The van der Waals surface area contributed by atoms with Crippen LogP contribution in [0.5, 0.6) is 0 Å². The first-order valence-corrected chi connectivity index (χ1v) is 8.38. The van der Waals surface area contributed by atoms with E-state index in [1.54, 1.807) is 29.3 Å². The minimum atomic E-state index is -0.189. The van der Waals surface area contributed by atoms with Crippen LogP contribution < -0.4 is 11.1 Å². The number of carbonyl (C=O) groups is 1. The van der Waals surface area contributed by atoms with Gasteiger partial charge in [0.15, 0.2) is 0 Å². The number of anilines is 2. The summed E-state index contributed by atoms with van der Waals surface area (Å²) in [6.45, 7) is 1.27. The molecular formula is C16H17Cl2N5O. The molecule has 2 aromatic rings. The van der Waals surface area contributed by atoms with Crippen molar-refractivity contribution in [2.24, 2.45) is 0 Å². The summed E-state index contributed by atoms with van der Waals surface area (Å²) >= 11 is 12.0. The maximum absolute atomic E-state index is 12.5. The Kier molecular flexibility index (Phi) is 5.06. The zero-order valence-corrected chi connectivity index (χ0v) is 14.4. The fourth-order valence-electron chi connectivity index (χ4n) is 2.80. The minimum Gasteiger partial charge on any atom is -0.368 e. The first-order valence-electron chi connectivity index (χ1n) is 7.62. The molecule has 0 bridgehead atoms. The molecule has 1 aromatic heterocycles. The van der Waals surface area contributed by atoms with Crippen LogP contribution in [0.15, 0.2) is 30.5 Å². The van der Waals surface area contributed by atoms with Gasteiger partial charge in [0.2, 0.25) is 5.95 Å². The van der Waals surface area contributed by atoms with Gasteiger partial charge in [-0.25, -0.2) is 14.8 Å². The van der Waals surface area contributed by atoms with Crippen molar-refractivity contribution in [2.45, 2.75) is 18.8 Å². The third-order valence-electron chi connectivity index (χ3n) is 4.00. The highest BCUT2D eigenvalue weighted by Crippen LogP contribution is 2.28. The number of aromatic nitrogens is 2. The summed E-state index contributed by atoms with van der Waals surface area (Å²) in [6.07, 6.45) is 3.50. The highest BCUT2D eigenvalue weighted by molar-refractivity contribution is 6.36. The van der Waals surface area contributed by atoms with Crippen LogP contribution in [0, 0.1) is 0 Å². The Balaban J connectivity index is 1.69. The Bertz CT molecular complexity index is 755. The largest absolute Gasteiger partial charge is 0.368 e. The standard InChI is InChI=1S/C16H17Cl2N5O/c17-11-3-4-14(12(18)8-11)22-16(24)23-7-1-2-10(9-23)13-5-6-20-15(19)21-13/h3-6,8,10H,1-2,7,9H2,(H,22,24)(H2,19,20,21)/t10-/m0/s1. The van der Waals surface area contributed by atoms with Crippen LogP contribution >= 0.6 is 23.2 Å². The smallest absolute Gasteiger partial charge is 0.321 e. The van der Waals surface area contributed by atoms with Gasteiger partial charge >= 0.3 is 6.03 Å². The number of nitrogens with zero attached hydrogens (tertiary/aromatic N) is 3. The summed E-state index contributed by atoms with van der Waals surface area (Å²) in [5.41, 5.74) is 7.06. The Morgan fingerprint density at radius 2 is 2.17 bits per heavy atom. The fraction of sp³-hybridized carbons (Fsp3) is 0.312. The summed E-state index contributed by atoms with van der Waals surface area (Å²) in [5.74, 6) is 0.400. The Morgan fingerprint density at radius 1 is 1.33 bits per heavy atom. The number of rotatable bonds is 2. The maximum atomic E-state index is 12.5. The summed E-state index contributed by atoms with van der Waals surface area (Å²) in [6, 6.07) is 6.63. The second kappa shape index (κ2) is 7.23. The van der Waals surface area contributed by atoms with Crippen LogP contribution in [0.3, 0.4) is 0 Å². The number of nitrogens with one attached hydrogen (secondary N) is 1. The van der Waals surface area contributed by atoms with E-state index in [0.29, 0.717) is 28.8 Å². The SMILES string of the molecule is Nc1nccc([C@H]2CCCN(C(=O)Nc3ccc(Cl)cc3Cl)C2)n1. The Morgan fingerprint density at radius 3 is 2.92 bits per heavy atom. The third-order valence-corrected chi connectivity index (χ3v) is 4.54. The molecular weight excluding hydrogens is 349 g/mol. The van der Waals surface area contributed by atoms with Crippen LogP contribution in [0.4, 0.5) is 16.4 Å². The van der Waals surface area contributed by atoms with Gasteiger partial charge in [0.05, 0.1) is 16.4 Å². The second-order valence-corrected chi connectivity index (χ2v) is 6.52. The topological polar surface area (TPSA) is 84.1 Å². The number of carbonyl (C=O) groups excluding carboxylic acids is 1. The van der Waals surface area contributed by atoms with E-state index in [4.69, 9.17) is 28.9 Å². The number of nitrogens with two attached hydrogens (primary N) is 1. The zero-order chi connectivity index (χ0) is 17.1. The molecule has 0 unspecified atom stereocenters. The summed E-state index contributed by atoms with van der Waals surface area (Å²) in [5, 5.41) is 3.77. The van der Waals surface area contributed by atoms with Crippen molar-refractivity contribution >= 4 is 40.9 Å². The number of amides is 2. The number of likely N-dealkylation sites (tertiary alicyclic amines) is 1. The van der Waals surface area contributed by atoms with Crippen molar-refractivity contribution in [1.29, 1.82) is 0 Å². The van der Waals surface area contributed by atoms with E-state index in [1.807, 2.05) is 6.07 Å². The van der Waals surface area contributed by atoms with Crippen LogP contribution in [-0.2, 0) is 0 Å². The second-order valence-electron chi connectivity index (χ2n) is 5.68. The lowest BCUT2D eigenvalue weighted by atomic mass is 9.95. The van der Waals surface area contributed by atoms with E-state index in [2.05, 4.69) is 15.3 Å². The molecule has 2 heterocycles. The van der Waals surface area contributed by atoms with E-state index in [0.717, 1.165) is 18.5 Å².